The van der Waals surface area contributed by atoms with Crippen molar-refractivity contribution in [1.82, 2.24) is 24.1 Å². The average molecular weight is 868 g/mol. The van der Waals surface area contributed by atoms with Crippen LogP contribution < -0.4 is 0 Å². The first-order valence-corrected chi connectivity index (χ1v) is 23.0. The molecule has 0 aliphatic heterocycles. The van der Waals surface area contributed by atoms with Gasteiger partial charge in [0, 0.05) is 38.4 Å². The molecule has 68 heavy (non-hydrogen) atoms. The zero-order valence-corrected chi connectivity index (χ0v) is 36.9. The van der Waals surface area contributed by atoms with Gasteiger partial charge in [0.15, 0.2) is 11.6 Å². The molecule has 13 rings (SSSR count). The van der Waals surface area contributed by atoms with Gasteiger partial charge in [0.25, 0.3) is 0 Å². The lowest BCUT2D eigenvalue weighted by Gasteiger charge is -2.13. The summed E-state index contributed by atoms with van der Waals surface area (Å²) in [4.78, 5) is 16.1. The van der Waals surface area contributed by atoms with Crippen LogP contribution in [0, 0.1) is 0 Å². The van der Waals surface area contributed by atoms with Crippen LogP contribution in [-0.2, 0) is 0 Å². The summed E-state index contributed by atoms with van der Waals surface area (Å²) in [6.45, 7) is 0. The molecule has 5 heteroatoms. The molecule has 3 aromatic heterocycles. The van der Waals surface area contributed by atoms with Gasteiger partial charge in [-0.25, -0.2) is 4.98 Å². The maximum absolute atomic E-state index is 5.46. The summed E-state index contributed by atoms with van der Waals surface area (Å²) < 4.78 is 4.69. The minimum absolute atomic E-state index is 0.545. The summed E-state index contributed by atoms with van der Waals surface area (Å²) >= 11 is 0. The quantitative estimate of drug-likeness (QED) is 0.153. The van der Waals surface area contributed by atoms with Crippen LogP contribution in [0.3, 0.4) is 0 Å². The third-order valence-corrected chi connectivity index (χ3v) is 13.2. The van der Waals surface area contributed by atoms with E-state index >= 15 is 0 Å². The van der Waals surface area contributed by atoms with Crippen molar-refractivity contribution in [3.8, 4) is 78.9 Å². The number of nitrogens with zero attached hydrogens (tertiary/aromatic N) is 5. The lowest BCUT2D eigenvalue weighted by molar-refractivity contribution is 0.953. The zero-order chi connectivity index (χ0) is 45.0. The van der Waals surface area contributed by atoms with Gasteiger partial charge in [-0.1, -0.05) is 206 Å². The van der Waals surface area contributed by atoms with Gasteiger partial charge in [-0.05, 0) is 87.0 Å². The van der Waals surface area contributed by atoms with E-state index < -0.39 is 0 Å². The van der Waals surface area contributed by atoms with Crippen LogP contribution >= 0.6 is 0 Å². The molecule has 5 nitrogen and oxygen atoms in total. The van der Waals surface area contributed by atoms with E-state index in [9.17, 15) is 0 Å². The van der Waals surface area contributed by atoms with E-state index in [1.807, 2.05) is 18.2 Å². The highest BCUT2D eigenvalue weighted by atomic mass is 15.2. The maximum atomic E-state index is 5.46. The number of hydrogen-bond donors (Lipinski definition) is 0. The van der Waals surface area contributed by atoms with Gasteiger partial charge in [-0.15, -0.1) is 0 Å². The van der Waals surface area contributed by atoms with Crippen LogP contribution in [0.2, 0.25) is 0 Å². The molecule has 10 aromatic carbocycles. The van der Waals surface area contributed by atoms with Gasteiger partial charge in [0.2, 0.25) is 5.95 Å². The fraction of sp³-hybridized carbons (Fsp3) is 0. The van der Waals surface area contributed by atoms with Gasteiger partial charge in [0.1, 0.15) is 0 Å². The van der Waals surface area contributed by atoms with Crippen molar-refractivity contribution in [3.63, 3.8) is 0 Å². The predicted molar refractivity (Wildman–Crippen MR) is 281 cm³/mol. The largest absolute Gasteiger partial charge is 0.307 e. The number of aromatic nitrogens is 5. The second-order valence-electron chi connectivity index (χ2n) is 17.2. The summed E-state index contributed by atoms with van der Waals surface area (Å²) in [5.41, 5.74) is 16.4. The minimum Gasteiger partial charge on any atom is -0.307 e. The fourth-order valence-corrected chi connectivity index (χ4v) is 9.91. The molecule has 318 valence electrons. The average Bonchev–Trinajstić information content (AvgIpc) is 3.94. The summed E-state index contributed by atoms with van der Waals surface area (Å²) in [5.74, 6) is 1.74. The normalized spacial score (nSPS) is 11.5. The third kappa shape index (κ3) is 6.76. The van der Waals surface area contributed by atoms with E-state index in [0.717, 1.165) is 77.3 Å². The molecule has 0 spiro atoms. The van der Waals surface area contributed by atoms with Gasteiger partial charge >= 0.3 is 0 Å². The highest BCUT2D eigenvalue weighted by Crippen LogP contribution is 2.43. The van der Waals surface area contributed by atoms with Gasteiger partial charge < -0.3 is 4.57 Å². The molecule has 0 atom stereocenters. The van der Waals surface area contributed by atoms with E-state index in [4.69, 9.17) is 15.0 Å². The molecular formula is C63H41N5. The Bertz CT molecular complexity index is 3970. The molecule has 0 radical (unpaired) electrons. The zero-order valence-electron chi connectivity index (χ0n) is 36.9. The van der Waals surface area contributed by atoms with Crippen molar-refractivity contribution in [2.75, 3.05) is 0 Å². The number of para-hydroxylation sites is 1. The number of hydrogen-bond acceptors (Lipinski definition) is 3. The van der Waals surface area contributed by atoms with E-state index in [-0.39, 0.29) is 0 Å². The van der Waals surface area contributed by atoms with Gasteiger partial charge in [0.05, 0.1) is 22.1 Å². The summed E-state index contributed by atoms with van der Waals surface area (Å²) in [6.07, 6.45) is 0. The van der Waals surface area contributed by atoms with Crippen LogP contribution in [0.1, 0.15) is 0 Å². The molecule has 0 bridgehead atoms. The maximum Gasteiger partial charge on any atom is 0.238 e. The van der Waals surface area contributed by atoms with Crippen LogP contribution in [0.25, 0.3) is 123 Å². The Balaban J connectivity index is 1.08. The predicted octanol–water partition coefficient (Wildman–Crippen LogP) is 16.1. The number of benzene rings is 10. The van der Waals surface area contributed by atoms with Gasteiger partial charge in [-0.2, -0.15) is 9.97 Å². The Hall–Kier alpha value is -9.19. The Labute approximate surface area is 393 Å². The lowest BCUT2D eigenvalue weighted by atomic mass is 9.98. The molecular weight excluding hydrogens is 827 g/mol. The fourth-order valence-electron chi connectivity index (χ4n) is 9.91. The second-order valence-corrected chi connectivity index (χ2v) is 17.2. The topological polar surface area (TPSA) is 48.5 Å². The molecule has 0 aliphatic rings. The molecule has 0 amide bonds. The van der Waals surface area contributed by atoms with Crippen LogP contribution in [-0.4, -0.2) is 24.1 Å². The summed E-state index contributed by atoms with van der Waals surface area (Å²) in [5, 5.41) is 4.54. The Kier molecular flexibility index (Phi) is 9.43. The smallest absolute Gasteiger partial charge is 0.238 e. The number of fused-ring (bicyclic) bond motifs is 7. The Morgan fingerprint density at radius 3 is 1.09 bits per heavy atom. The molecule has 0 saturated heterocycles. The molecule has 0 unspecified atom stereocenters. The van der Waals surface area contributed by atoms with E-state index in [2.05, 4.69) is 240 Å². The molecule has 0 fully saturated rings. The highest BCUT2D eigenvalue weighted by molar-refractivity contribution is 6.24. The molecule has 0 aliphatic carbocycles. The van der Waals surface area contributed by atoms with Crippen LogP contribution in [0.5, 0.6) is 0 Å². The van der Waals surface area contributed by atoms with E-state index in [0.29, 0.717) is 17.6 Å². The van der Waals surface area contributed by atoms with Crippen molar-refractivity contribution in [1.29, 1.82) is 0 Å². The lowest BCUT2D eigenvalue weighted by Crippen LogP contribution is -2.07. The Morgan fingerprint density at radius 1 is 0.235 bits per heavy atom. The van der Waals surface area contributed by atoms with Crippen molar-refractivity contribution < 1.29 is 0 Å². The highest BCUT2D eigenvalue weighted by Gasteiger charge is 2.24. The first kappa shape index (κ1) is 39.2. The monoisotopic (exact) mass is 867 g/mol. The van der Waals surface area contributed by atoms with Crippen molar-refractivity contribution in [2.45, 2.75) is 0 Å². The summed E-state index contributed by atoms with van der Waals surface area (Å²) in [6, 6.07) is 88.2. The standard InChI is InChI=1S/C63H41N5/c1-6-17-42(18-7-1)48-25-16-26-49(39-48)45-29-31-47(32-30-45)62-64-61(46-23-12-4-13-24-46)65-63(66-62)68-58-38-34-51(44-21-10-3-11-22-44)41-56(58)54-36-35-53-55-40-50(43-19-8-2-9-20-43)33-37-57(55)67(59(53)60(54)68)52-27-14-5-15-28-52/h1-41H. The minimum atomic E-state index is 0.545. The van der Waals surface area contributed by atoms with Crippen molar-refractivity contribution in [3.05, 3.63) is 249 Å². The third-order valence-electron chi connectivity index (χ3n) is 13.2. The van der Waals surface area contributed by atoms with Gasteiger partial charge in [-0.3, -0.25) is 4.57 Å². The molecule has 3 heterocycles. The number of rotatable bonds is 8. The first-order valence-electron chi connectivity index (χ1n) is 23.0. The summed E-state index contributed by atoms with van der Waals surface area (Å²) in [7, 11) is 0. The molecule has 13 aromatic rings. The molecule has 0 saturated carbocycles. The van der Waals surface area contributed by atoms with Crippen LogP contribution in [0.15, 0.2) is 249 Å². The SMILES string of the molecule is c1ccc(-c2cccc(-c3ccc(-c4nc(-c5ccccc5)nc(-n5c6ccc(-c7ccccc7)cc6c6ccc7c8cc(-c9ccccc9)ccc8n(-c8ccccc8)c7c65)n4)cc3)c2)cc1. The van der Waals surface area contributed by atoms with Crippen LogP contribution in [0.4, 0.5) is 0 Å². The van der Waals surface area contributed by atoms with E-state index in [1.165, 1.54) is 27.6 Å². The van der Waals surface area contributed by atoms with Crippen molar-refractivity contribution in [2.24, 2.45) is 0 Å². The Morgan fingerprint density at radius 2 is 0.588 bits per heavy atom. The van der Waals surface area contributed by atoms with Crippen molar-refractivity contribution >= 4 is 43.6 Å². The molecule has 0 N–H and O–H groups in total. The van der Waals surface area contributed by atoms with E-state index in [1.54, 1.807) is 0 Å². The first-order chi connectivity index (χ1) is 33.7. The second kappa shape index (κ2) is 16.4.